The summed E-state index contributed by atoms with van der Waals surface area (Å²) in [5, 5.41) is 18.2. The number of hydrogen-bond donors (Lipinski definition) is 2. The van der Waals surface area contributed by atoms with Crippen LogP contribution in [0.2, 0.25) is 0 Å². The smallest absolute Gasteiger partial charge is 0.0688 e. The zero-order valence-electron chi connectivity index (χ0n) is 7.33. The molecule has 0 bridgehead atoms. The molecule has 0 fully saturated rings. The third kappa shape index (κ3) is 1.28. The van der Waals surface area contributed by atoms with Crippen molar-refractivity contribution in [3.8, 4) is 0 Å². The van der Waals surface area contributed by atoms with Crippen LogP contribution in [0.4, 0.5) is 0 Å². The molecule has 1 aliphatic carbocycles. The largest absolute Gasteiger partial charge is 0.392 e. The highest BCUT2D eigenvalue weighted by Crippen LogP contribution is 2.31. The Bertz CT molecular complexity index is 353. The Kier molecular flexibility index (Phi) is 2.17. The van der Waals surface area contributed by atoms with E-state index in [4.69, 9.17) is 10.2 Å². The summed E-state index contributed by atoms with van der Waals surface area (Å²) < 4.78 is 0. The highest BCUT2D eigenvalue weighted by Gasteiger charge is 2.18. The van der Waals surface area contributed by atoms with E-state index in [2.05, 4.69) is 0 Å². The number of benzene rings is 1. The third-order valence-corrected chi connectivity index (χ3v) is 2.52. The number of aliphatic hydroxyl groups is 2. The van der Waals surface area contributed by atoms with Gasteiger partial charge < -0.3 is 10.2 Å². The second kappa shape index (κ2) is 3.32. The second-order valence-corrected chi connectivity index (χ2v) is 3.23. The molecular weight excluding hydrogens is 164 g/mol. The summed E-state index contributed by atoms with van der Waals surface area (Å²) in [6.07, 6.45) is 0.780. The van der Waals surface area contributed by atoms with E-state index < -0.39 is 0 Å². The van der Waals surface area contributed by atoms with Crippen LogP contribution in [-0.4, -0.2) is 23.4 Å². The van der Waals surface area contributed by atoms with Crippen LogP contribution in [0.3, 0.4) is 0 Å². The first-order valence-corrected chi connectivity index (χ1v) is 4.37. The average molecular weight is 176 g/mol. The number of rotatable bonds is 2. The predicted molar refractivity (Wildman–Crippen MR) is 51.2 cm³/mol. The Hall–Kier alpha value is -1.12. The summed E-state index contributed by atoms with van der Waals surface area (Å²) in [6.45, 7) is 0.0669. The zero-order chi connectivity index (χ0) is 9.26. The van der Waals surface area contributed by atoms with E-state index in [9.17, 15) is 0 Å². The standard InChI is InChI=1S/C11H12O2/c12-6-9-5-8-3-1-2-4-10(8)11(9)7-13/h1-4,12-13H,5-7H2. The fourth-order valence-corrected chi connectivity index (χ4v) is 1.84. The van der Waals surface area contributed by atoms with Gasteiger partial charge in [0.25, 0.3) is 0 Å². The lowest BCUT2D eigenvalue weighted by atomic mass is 10.1. The molecule has 1 aromatic carbocycles. The van der Waals surface area contributed by atoms with Crippen LogP contribution < -0.4 is 0 Å². The molecule has 2 nitrogen and oxygen atoms in total. The van der Waals surface area contributed by atoms with E-state index in [1.165, 1.54) is 5.56 Å². The molecule has 0 saturated heterocycles. The molecule has 0 aliphatic heterocycles. The van der Waals surface area contributed by atoms with Gasteiger partial charge in [-0.05, 0) is 28.7 Å². The number of fused-ring (bicyclic) bond motifs is 1. The van der Waals surface area contributed by atoms with Crippen LogP contribution in [0.15, 0.2) is 29.8 Å². The monoisotopic (exact) mass is 176 g/mol. The highest BCUT2D eigenvalue weighted by atomic mass is 16.3. The Morgan fingerprint density at radius 1 is 1.08 bits per heavy atom. The molecule has 2 heteroatoms. The molecule has 68 valence electrons. The van der Waals surface area contributed by atoms with Crippen LogP contribution in [0.1, 0.15) is 11.1 Å². The molecule has 0 saturated carbocycles. The van der Waals surface area contributed by atoms with Gasteiger partial charge in [0, 0.05) is 0 Å². The van der Waals surface area contributed by atoms with E-state index in [0.717, 1.165) is 23.1 Å². The van der Waals surface area contributed by atoms with Crippen molar-refractivity contribution in [2.24, 2.45) is 0 Å². The van der Waals surface area contributed by atoms with E-state index in [0.29, 0.717) is 0 Å². The maximum atomic E-state index is 9.15. The van der Waals surface area contributed by atoms with Gasteiger partial charge >= 0.3 is 0 Å². The lowest BCUT2D eigenvalue weighted by Gasteiger charge is -2.01. The normalized spacial score (nSPS) is 14.9. The molecule has 0 heterocycles. The van der Waals surface area contributed by atoms with Crippen LogP contribution in [0.25, 0.3) is 5.57 Å². The van der Waals surface area contributed by atoms with Crippen molar-refractivity contribution in [3.63, 3.8) is 0 Å². The van der Waals surface area contributed by atoms with Gasteiger partial charge in [0.1, 0.15) is 0 Å². The molecule has 0 aromatic heterocycles. The first kappa shape index (κ1) is 8.48. The molecule has 1 aromatic rings. The lowest BCUT2D eigenvalue weighted by molar-refractivity contribution is 0.323. The van der Waals surface area contributed by atoms with Gasteiger partial charge in [0.2, 0.25) is 0 Å². The van der Waals surface area contributed by atoms with E-state index >= 15 is 0 Å². The van der Waals surface area contributed by atoms with Gasteiger partial charge in [-0.2, -0.15) is 0 Å². The second-order valence-electron chi connectivity index (χ2n) is 3.23. The zero-order valence-corrected chi connectivity index (χ0v) is 7.33. The lowest BCUT2D eigenvalue weighted by Crippen LogP contribution is -1.94. The van der Waals surface area contributed by atoms with E-state index in [1.54, 1.807) is 0 Å². The maximum Gasteiger partial charge on any atom is 0.0688 e. The fraction of sp³-hybridized carbons (Fsp3) is 0.273. The molecular formula is C11H12O2. The number of hydrogen-bond acceptors (Lipinski definition) is 2. The van der Waals surface area contributed by atoms with Gasteiger partial charge in [-0.3, -0.25) is 0 Å². The minimum atomic E-state index is 0.0207. The predicted octanol–water partition coefficient (Wildman–Crippen LogP) is 0.981. The highest BCUT2D eigenvalue weighted by molar-refractivity contribution is 5.77. The van der Waals surface area contributed by atoms with Crippen molar-refractivity contribution >= 4 is 5.57 Å². The van der Waals surface area contributed by atoms with Crippen LogP contribution in [0, 0.1) is 0 Å². The SMILES string of the molecule is OCC1=C(CO)c2ccccc2C1. The molecule has 1 aliphatic rings. The number of aliphatic hydroxyl groups excluding tert-OH is 2. The quantitative estimate of drug-likeness (QED) is 0.705. The Morgan fingerprint density at radius 2 is 1.85 bits per heavy atom. The molecule has 0 amide bonds. The Labute approximate surface area is 77.1 Å². The first-order valence-electron chi connectivity index (χ1n) is 4.37. The first-order chi connectivity index (χ1) is 6.36. The Morgan fingerprint density at radius 3 is 2.54 bits per heavy atom. The van der Waals surface area contributed by atoms with Crippen molar-refractivity contribution < 1.29 is 10.2 Å². The van der Waals surface area contributed by atoms with Crippen molar-refractivity contribution in [2.45, 2.75) is 6.42 Å². The van der Waals surface area contributed by atoms with E-state index in [1.807, 2.05) is 24.3 Å². The molecule has 2 rings (SSSR count). The molecule has 0 atom stereocenters. The van der Waals surface area contributed by atoms with E-state index in [-0.39, 0.29) is 13.2 Å². The van der Waals surface area contributed by atoms with Gasteiger partial charge in [0.15, 0.2) is 0 Å². The molecule has 0 spiro atoms. The van der Waals surface area contributed by atoms with Gasteiger partial charge in [-0.25, -0.2) is 0 Å². The molecule has 0 unspecified atom stereocenters. The van der Waals surface area contributed by atoms with Crippen molar-refractivity contribution in [1.82, 2.24) is 0 Å². The summed E-state index contributed by atoms with van der Waals surface area (Å²) in [5.74, 6) is 0. The summed E-state index contributed by atoms with van der Waals surface area (Å²) in [7, 11) is 0. The molecule has 13 heavy (non-hydrogen) atoms. The minimum Gasteiger partial charge on any atom is -0.392 e. The topological polar surface area (TPSA) is 40.5 Å². The van der Waals surface area contributed by atoms with Crippen LogP contribution in [0.5, 0.6) is 0 Å². The summed E-state index contributed by atoms with van der Waals surface area (Å²) >= 11 is 0. The molecule has 0 radical (unpaired) electrons. The van der Waals surface area contributed by atoms with Crippen molar-refractivity contribution in [1.29, 1.82) is 0 Å². The van der Waals surface area contributed by atoms with Gasteiger partial charge in [-0.15, -0.1) is 0 Å². The third-order valence-electron chi connectivity index (χ3n) is 2.52. The Balaban J connectivity index is 2.48. The summed E-state index contributed by atoms with van der Waals surface area (Å²) in [5.41, 5.74) is 4.14. The fourth-order valence-electron chi connectivity index (χ4n) is 1.84. The summed E-state index contributed by atoms with van der Waals surface area (Å²) in [6, 6.07) is 7.96. The van der Waals surface area contributed by atoms with Crippen molar-refractivity contribution in [2.75, 3.05) is 13.2 Å². The van der Waals surface area contributed by atoms with Gasteiger partial charge in [0.05, 0.1) is 13.2 Å². The minimum absolute atomic E-state index is 0.0207. The van der Waals surface area contributed by atoms with Gasteiger partial charge in [-0.1, -0.05) is 24.3 Å². The van der Waals surface area contributed by atoms with Crippen LogP contribution in [-0.2, 0) is 6.42 Å². The van der Waals surface area contributed by atoms with Crippen LogP contribution >= 0.6 is 0 Å². The summed E-state index contributed by atoms with van der Waals surface area (Å²) in [4.78, 5) is 0. The maximum absolute atomic E-state index is 9.15. The molecule has 2 N–H and O–H groups in total. The van der Waals surface area contributed by atoms with Crippen molar-refractivity contribution in [3.05, 3.63) is 41.0 Å². The average Bonchev–Trinajstić information content (AvgIpc) is 2.55.